The van der Waals surface area contributed by atoms with Crippen molar-refractivity contribution in [3.05, 3.63) is 240 Å². The van der Waals surface area contributed by atoms with Crippen LogP contribution in [0.25, 0.3) is 109 Å². The topological polar surface area (TPSA) is 0 Å². The summed E-state index contributed by atoms with van der Waals surface area (Å²) in [6.45, 7) is 2.58. The third-order valence-electron chi connectivity index (χ3n) is 15.8. The predicted octanol–water partition coefficient (Wildman–Crippen LogP) is 18.9. The third-order valence-corrected chi connectivity index (χ3v) is 15.8. The van der Waals surface area contributed by atoms with Crippen LogP contribution in [0.5, 0.6) is 0 Å². The summed E-state index contributed by atoms with van der Waals surface area (Å²) in [5.41, 5.74) is 12.0. The van der Waals surface area contributed by atoms with E-state index in [1.54, 1.807) is 12.1 Å². The zero-order valence-corrected chi connectivity index (χ0v) is 39.2. The number of hydrogen-bond donors (Lipinski definition) is 0. The quantitative estimate of drug-likeness (QED) is 0.120. The molecular formula is C66H42F6N+. The first kappa shape index (κ1) is 43.5. The van der Waals surface area contributed by atoms with Crippen molar-refractivity contribution in [1.29, 1.82) is 0 Å². The van der Waals surface area contributed by atoms with Crippen molar-refractivity contribution in [3.63, 3.8) is 0 Å². The highest BCUT2D eigenvalue weighted by atomic mass is 19.4. The van der Waals surface area contributed by atoms with E-state index in [2.05, 4.69) is 121 Å². The molecule has 12 aromatic rings. The molecule has 0 aromatic heterocycles. The summed E-state index contributed by atoms with van der Waals surface area (Å²) in [4.78, 5) is 0. The Kier molecular flexibility index (Phi) is 9.46. The standard InChI is InChI=1S/C66H42F6N/c67-65(68,69)51-27-25-41-29-47(21-19-43(41)31-51)57-33-45-11-3-7-15-55(45)63-59(57)37-73(35-49-23-17-39-9-1-5-13-53(39)61(49)62-50(36-73)24-18-40-10-2-6-14-54(40)62)38-60-58(34-46-12-4-8-16-56(46)64(60)63)48-22-20-44-32-52(66(70,71)72)28-26-42(44)30-48/h1-34H,35-38H2/q+1. The van der Waals surface area contributed by atoms with Crippen molar-refractivity contribution in [2.45, 2.75) is 38.5 Å². The highest BCUT2D eigenvalue weighted by Gasteiger charge is 2.42. The predicted molar refractivity (Wildman–Crippen MR) is 285 cm³/mol. The number of quaternary nitrogens is 1. The van der Waals surface area contributed by atoms with E-state index in [1.807, 2.05) is 48.5 Å². The van der Waals surface area contributed by atoms with Crippen LogP contribution in [-0.4, -0.2) is 4.48 Å². The molecule has 352 valence electrons. The number of nitrogens with zero attached hydrogens (tertiary/aromatic N) is 1. The molecule has 0 unspecified atom stereocenters. The molecule has 1 nitrogen and oxygen atoms in total. The fraction of sp³-hybridized carbons (Fsp3) is 0.0909. The lowest BCUT2D eigenvalue weighted by atomic mass is 9.82. The molecule has 0 amide bonds. The zero-order chi connectivity index (χ0) is 49.4. The minimum atomic E-state index is -4.47. The van der Waals surface area contributed by atoms with Crippen LogP contribution in [0.3, 0.4) is 0 Å². The van der Waals surface area contributed by atoms with E-state index >= 15 is 0 Å². The van der Waals surface area contributed by atoms with E-state index in [0.717, 1.165) is 66.1 Å². The van der Waals surface area contributed by atoms with Gasteiger partial charge in [-0.2, -0.15) is 26.3 Å². The fourth-order valence-corrected chi connectivity index (χ4v) is 12.6. The monoisotopic (exact) mass is 962 g/mol. The van der Waals surface area contributed by atoms with Crippen molar-refractivity contribution in [2.24, 2.45) is 0 Å². The van der Waals surface area contributed by atoms with Crippen molar-refractivity contribution in [2.75, 3.05) is 0 Å². The molecule has 2 aliphatic rings. The Labute approximate surface area is 416 Å². The Balaban J connectivity index is 1.11. The molecule has 0 fully saturated rings. The van der Waals surface area contributed by atoms with Gasteiger partial charge in [0.05, 0.1) is 11.1 Å². The number of benzene rings is 12. The highest BCUT2D eigenvalue weighted by Crippen LogP contribution is 2.53. The number of rotatable bonds is 2. The Morgan fingerprint density at radius 1 is 0.288 bits per heavy atom. The normalized spacial score (nSPS) is 14.3. The van der Waals surface area contributed by atoms with Gasteiger partial charge in [0.2, 0.25) is 0 Å². The van der Waals surface area contributed by atoms with Gasteiger partial charge in [0.15, 0.2) is 0 Å². The summed E-state index contributed by atoms with van der Waals surface area (Å²) in [6, 6.07) is 67.5. The zero-order valence-electron chi connectivity index (χ0n) is 39.2. The van der Waals surface area contributed by atoms with E-state index in [9.17, 15) is 26.3 Å². The maximum absolute atomic E-state index is 14.0. The van der Waals surface area contributed by atoms with Gasteiger partial charge in [0.25, 0.3) is 0 Å². The SMILES string of the molecule is FC(F)(F)c1ccc2cc(-c3cc4ccccc4c4c3C[N+]3(Cc5ccc6ccccc6c5-c5c(ccc6ccccc56)C3)Cc3c(-c5ccc6cc(C(F)(F)F)ccc6c5)cc5ccccc5c3-4)ccc2c1. The van der Waals surface area contributed by atoms with Gasteiger partial charge in [-0.25, -0.2) is 0 Å². The van der Waals surface area contributed by atoms with Gasteiger partial charge in [0.1, 0.15) is 26.2 Å². The van der Waals surface area contributed by atoms with Crippen LogP contribution >= 0.6 is 0 Å². The second kappa shape index (κ2) is 15.9. The van der Waals surface area contributed by atoms with Crippen molar-refractivity contribution in [3.8, 4) is 44.5 Å². The average molecular weight is 963 g/mol. The van der Waals surface area contributed by atoms with E-state index in [-0.39, 0.29) is 0 Å². The molecule has 14 rings (SSSR count). The summed E-state index contributed by atoms with van der Waals surface area (Å²) >= 11 is 0. The van der Waals surface area contributed by atoms with Gasteiger partial charge >= 0.3 is 12.4 Å². The second-order valence-electron chi connectivity index (χ2n) is 20.2. The molecule has 0 aliphatic carbocycles. The first-order chi connectivity index (χ1) is 35.4. The van der Waals surface area contributed by atoms with Crippen LogP contribution in [0.2, 0.25) is 0 Å². The van der Waals surface area contributed by atoms with Gasteiger partial charge in [-0.1, -0.05) is 158 Å². The maximum Gasteiger partial charge on any atom is 0.416 e. The molecule has 1 spiro atoms. The summed E-state index contributed by atoms with van der Waals surface area (Å²) in [5.74, 6) is 0. The Morgan fingerprint density at radius 2 is 0.630 bits per heavy atom. The number of alkyl halides is 6. The molecule has 2 aliphatic heterocycles. The molecular weight excluding hydrogens is 921 g/mol. The van der Waals surface area contributed by atoms with Gasteiger partial charge in [-0.05, 0) is 147 Å². The van der Waals surface area contributed by atoms with Crippen LogP contribution in [-0.2, 0) is 38.5 Å². The van der Waals surface area contributed by atoms with E-state index < -0.39 is 23.5 Å². The van der Waals surface area contributed by atoms with Crippen molar-refractivity contribution < 1.29 is 30.8 Å². The summed E-state index contributed by atoms with van der Waals surface area (Å²) in [6.07, 6.45) is -8.94. The smallest absolute Gasteiger partial charge is 0.309 e. The minimum Gasteiger partial charge on any atom is -0.309 e. The lowest BCUT2D eigenvalue weighted by Gasteiger charge is -2.39. The lowest BCUT2D eigenvalue weighted by Crippen LogP contribution is -2.44. The number of hydrogen-bond acceptors (Lipinski definition) is 0. The van der Waals surface area contributed by atoms with Gasteiger partial charge in [0, 0.05) is 33.4 Å². The molecule has 73 heavy (non-hydrogen) atoms. The van der Waals surface area contributed by atoms with Crippen molar-refractivity contribution >= 4 is 64.6 Å². The Morgan fingerprint density at radius 3 is 1.04 bits per heavy atom. The molecule has 0 bridgehead atoms. The van der Waals surface area contributed by atoms with Crippen LogP contribution in [0.1, 0.15) is 33.4 Å². The van der Waals surface area contributed by atoms with Gasteiger partial charge in [-0.3, -0.25) is 0 Å². The van der Waals surface area contributed by atoms with Gasteiger partial charge in [-0.15, -0.1) is 0 Å². The summed E-state index contributed by atoms with van der Waals surface area (Å²) < 4.78 is 84.8. The van der Waals surface area contributed by atoms with E-state index in [0.29, 0.717) is 52.2 Å². The van der Waals surface area contributed by atoms with Crippen LogP contribution < -0.4 is 0 Å². The van der Waals surface area contributed by atoms with Crippen LogP contribution in [0, 0.1) is 0 Å². The highest BCUT2D eigenvalue weighted by molar-refractivity contribution is 6.13. The maximum atomic E-state index is 14.0. The fourth-order valence-electron chi connectivity index (χ4n) is 12.6. The first-order valence-electron chi connectivity index (χ1n) is 24.6. The minimum absolute atomic E-state index is 0.514. The largest absolute Gasteiger partial charge is 0.416 e. The van der Waals surface area contributed by atoms with Gasteiger partial charge < -0.3 is 4.48 Å². The molecule has 0 saturated heterocycles. The summed E-state index contributed by atoms with van der Waals surface area (Å²) in [7, 11) is 0. The molecule has 2 heterocycles. The molecule has 7 heteroatoms. The van der Waals surface area contributed by atoms with Crippen molar-refractivity contribution in [1.82, 2.24) is 0 Å². The number of fused-ring (bicyclic) bond motifs is 16. The first-order valence-corrected chi connectivity index (χ1v) is 24.6. The lowest BCUT2D eigenvalue weighted by molar-refractivity contribution is -0.977. The Hall–Kier alpha value is -8.26. The van der Waals surface area contributed by atoms with Crippen LogP contribution in [0.15, 0.2) is 206 Å². The molecule has 0 saturated carbocycles. The summed E-state index contributed by atoms with van der Waals surface area (Å²) in [5, 5.41) is 11.4. The second-order valence-corrected chi connectivity index (χ2v) is 20.2. The number of halogens is 6. The average Bonchev–Trinajstić information content (AvgIpc) is 3.64. The van der Waals surface area contributed by atoms with E-state index in [4.69, 9.17) is 0 Å². The van der Waals surface area contributed by atoms with E-state index in [1.165, 1.54) is 68.1 Å². The molecule has 0 atom stereocenters. The molecule has 0 N–H and O–H groups in total. The molecule has 12 aromatic carbocycles. The third kappa shape index (κ3) is 7.04. The van der Waals surface area contributed by atoms with Crippen LogP contribution in [0.4, 0.5) is 26.3 Å². The Bertz CT molecular complexity index is 4040. The molecule has 0 radical (unpaired) electrons.